The van der Waals surface area contributed by atoms with Crippen molar-refractivity contribution in [2.75, 3.05) is 14.2 Å². The van der Waals surface area contributed by atoms with Crippen LogP contribution in [0.4, 0.5) is 4.39 Å². The lowest BCUT2D eigenvalue weighted by Crippen LogP contribution is -2.55. The summed E-state index contributed by atoms with van der Waals surface area (Å²) in [6.45, 7) is 0.513. The molecule has 0 amide bonds. The average molecular weight is 318 g/mol. The molecule has 0 radical (unpaired) electrons. The third-order valence-electron chi connectivity index (χ3n) is 3.45. The van der Waals surface area contributed by atoms with Crippen LogP contribution in [0.3, 0.4) is 0 Å². The Morgan fingerprint density at radius 2 is 2.06 bits per heavy atom. The van der Waals surface area contributed by atoms with Crippen molar-refractivity contribution in [3.63, 3.8) is 0 Å². The summed E-state index contributed by atoms with van der Waals surface area (Å²) in [4.78, 5) is 0. The molecule has 2 rings (SSSR count). The molecule has 0 saturated heterocycles. The van der Waals surface area contributed by atoms with E-state index in [2.05, 4.69) is 21.2 Å². The minimum atomic E-state index is -0.451. The minimum absolute atomic E-state index is 0.185. The molecule has 0 atom stereocenters. The fraction of sp³-hybridized carbons (Fsp3) is 0.538. The fourth-order valence-corrected chi connectivity index (χ4v) is 2.59. The molecule has 1 aliphatic carbocycles. The maximum atomic E-state index is 13.5. The fourth-order valence-electron chi connectivity index (χ4n) is 2.19. The van der Waals surface area contributed by atoms with Gasteiger partial charge in [-0.3, -0.25) is 0 Å². The molecular weight excluding hydrogens is 301 g/mol. The number of hydrogen-bond acceptors (Lipinski definition) is 3. The second kappa shape index (κ2) is 5.65. The van der Waals surface area contributed by atoms with Crippen LogP contribution in [0.25, 0.3) is 0 Å². The van der Waals surface area contributed by atoms with Gasteiger partial charge >= 0.3 is 0 Å². The largest absolute Gasteiger partial charge is 0.353 e. The van der Waals surface area contributed by atoms with Gasteiger partial charge in [0.25, 0.3) is 0 Å². The zero-order valence-corrected chi connectivity index (χ0v) is 12.1. The Morgan fingerprint density at radius 1 is 1.39 bits per heavy atom. The van der Waals surface area contributed by atoms with Gasteiger partial charge in [-0.25, -0.2) is 4.39 Å². The summed E-state index contributed by atoms with van der Waals surface area (Å²) in [6.07, 6.45) is 1.57. The first kappa shape index (κ1) is 13.9. The highest BCUT2D eigenvalue weighted by molar-refractivity contribution is 9.10. The third kappa shape index (κ3) is 2.91. The number of ether oxygens (including phenoxy) is 2. The standard InChI is InChI=1S/C13H17BrFNO2/c1-17-13(18-2)6-11(7-13)16-8-9-5-10(14)3-4-12(9)15/h3-5,11,16H,6-8H2,1-2H3. The lowest BCUT2D eigenvalue weighted by molar-refractivity contribution is -0.259. The normalized spacial score (nSPS) is 18.7. The van der Waals surface area contributed by atoms with Crippen molar-refractivity contribution in [2.45, 2.75) is 31.2 Å². The van der Waals surface area contributed by atoms with Gasteiger partial charge in [0.1, 0.15) is 5.82 Å². The van der Waals surface area contributed by atoms with Gasteiger partial charge < -0.3 is 14.8 Å². The Balaban J connectivity index is 1.85. The lowest BCUT2D eigenvalue weighted by Gasteiger charge is -2.45. The minimum Gasteiger partial charge on any atom is -0.353 e. The Bertz CT molecular complexity index is 415. The van der Waals surface area contributed by atoms with Gasteiger partial charge in [0.2, 0.25) is 0 Å². The molecule has 1 aliphatic rings. The number of benzene rings is 1. The Hall–Kier alpha value is -0.490. The monoisotopic (exact) mass is 317 g/mol. The number of hydrogen-bond donors (Lipinski definition) is 1. The van der Waals surface area contributed by atoms with Crippen LogP contribution in [-0.2, 0) is 16.0 Å². The molecule has 0 unspecified atom stereocenters. The van der Waals surface area contributed by atoms with Crippen molar-refractivity contribution in [1.82, 2.24) is 5.32 Å². The van der Waals surface area contributed by atoms with Gasteiger partial charge in [-0.1, -0.05) is 15.9 Å². The molecule has 1 saturated carbocycles. The van der Waals surface area contributed by atoms with Crippen LogP contribution in [0.2, 0.25) is 0 Å². The first-order chi connectivity index (χ1) is 8.58. The molecular formula is C13H17BrFNO2. The first-order valence-corrected chi connectivity index (χ1v) is 6.65. The van der Waals surface area contributed by atoms with E-state index in [0.717, 1.165) is 17.3 Å². The quantitative estimate of drug-likeness (QED) is 0.847. The summed E-state index contributed by atoms with van der Waals surface area (Å²) in [6, 6.07) is 5.27. The number of methoxy groups -OCH3 is 2. The van der Waals surface area contributed by atoms with Crippen LogP contribution in [0.5, 0.6) is 0 Å². The molecule has 1 N–H and O–H groups in total. The molecule has 0 aromatic heterocycles. The predicted molar refractivity (Wildman–Crippen MR) is 70.7 cm³/mol. The first-order valence-electron chi connectivity index (χ1n) is 5.86. The molecule has 0 aliphatic heterocycles. The lowest BCUT2D eigenvalue weighted by atomic mass is 9.85. The van der Waals surface area contributed by atoms with E-state index in [4.69, 9.17) is 9.47 Å². The third-order valence-corrected chi connectivity index (χ3v) is 3.94. The van der Waals surface area contributed by atoms with Gasteiger partial charge in [-0.2, -0.15) is 0 Å². The van der Waals surface area contributed by atoms with Crippen LogP contribution in [0, 0.1) is 5.82 Å². The molecule has 100 valence electrons. The summed E-state index contributed by atoms with van der Waals surface area (Å²) in [5.74, 6) is -0.636. The van der Waals surface area contributed by atoms with E-state index in [1.165, 1.54) is 6.07 Å². The highest BCUT2D eigenvalue weighted by atomic mass is 79.9. The zero-order chi connectivity index (χ0) is 13.2. The van der Waals surface area contributed by atoms with E-state index in [0.29, 0.717) is 18.2 Å². The Labute approximate surface area is 115 Å². The van der Waals surface area contributed by atoms with E-state index in [-0.39, 0.29) is 5.82 Å². The van der Waals surface area contributed by atoms with Crippen LogP contribution < -0.4 is 5.32 Å². The van der Waals surface area contributed by atoms with Crippen molar-refractivity contribution in [1.29, 1.82) is 0 Å². The number of nitrogens with one attached hydrogen (secondary N) is 1. The summed E-state index contributed by atoms with van der Waals surface area (Å²) in [5.41, 5.74) is 0.664. The molecule has 0 bridgehead atoms. The van der Waals surface area contributed by atoms with Crippen molar-refractivity contribution < 1.29 is 13.9 Å². The van der Waals surface area contributed by atoms with E-state index in [1.807, 2.05) is 0 Å². The van der Waals surface area contributed by atoms with Crippen LogP contribution >= 0.6 is 15.9 Å². The topological polar surface area (TPSA) is 30.5 Å². The second-order valence-corrected chi connectivity index (χ2v) is 5.46. The van der Waals surface area contributed by atoms with Gasteiger partial charge in [0.05, 0.1) is 0 Å². The van der Waals surface area contributed by atoms with E-state index in [9.17, 15) is 4.39 Å². The summed E-state index contributed by atoms with van der Waals surface area (Å²) in [5, 5.41) is 3.31. The maximum absolute atomic E-state index is 13.5. The maximum Gasteiger partial charge on any atom is 0.170 e. The summed E-state index contributed by atoms with van der Waals surface area (Å²) < 4.78 is 25.0. The molecule has 0 spiro atoms. The molecule has 1 aromatic carbocycles. The van der Waals surface area contributed by atoms with E-state index >= 15 is 0 Å². The molecule has 3 nitrogen and oxygen atoms in total. The highest BCUT2D eigenvalue weighted by Gasteiger charge is 2.44. The smallest absolute Gasteiger partial charge is 0.170 e. The van der Waals surface area contributed by atoms with Crippen LogP contribution in [0.15, 0.2) is 22.7 Å². The SMILES string of the molecule is COC1(OC)CC(NCc2cc(Br)ccc2F)C1. The molecule has 1 fully saturated rings. The number of halogens is 2. The van der Waals surface area contributed by atoms with Gasteiger partial charge in [0, 0.05) is 49.7 Å². The summed E-state index contributed by atoms with van der Waals surface area (Å²) >= 11 is 3.34. The molecule has 0 heterocycles. The van der Waals surface area contributed by atoms with E-state index < -0.39 is 5.79 Å². The number of rotatable bonds is 5. The zero-order valence-electron chi connectivity index (χ0n) is 10.5. The second-order valence-electron chi connectivity index (χ2n) is 4.54. The molecule has 5 heteroatoms. The van der Waals surface area contributed by atoms with Crippen LogP contribution in [0.1, 0.15) is 18.4 Å². The van der Waals surface area contributed by atoms with Crippen LogP contribution in [-0.4, -0.2) is 26.0 Å². The summed E-state index contributed by atoms with van der Waals surface area (Å²) in [7, 11) is 3.29. The van der Waals surface area contributed by atoms with Crippen molar-refractivity contribution in [3.05, 3.63) is 34.1 Å². The average Bonchev–Trinajstić information content (AvgIpc) is 2.32. The van der Waals surface area contributed by atoms with Crippen molar-refractivity contribution in [3.8, 4) is 0 Å². The van der Waals surface area contributed by atoms with E-state index in [1.54, 1.807) is 26.4 Å². The van der Waals surface area contributed by atoms with Gasteiger partial charge in [0.15, 0.2) is 5.79 Å². The van der Waals surface area contributed by atoms with Gasteiger partial charge in [-0.05, 0) is 18.2 Å². The highest BCUT2D eigenvalue weighted by Crippen LogP contribution is 2.36. The predicted octanol–water partition coefficient (Wildman–Crippen LogP) is 2.83. The molecule has 1 aromatic rings. The molecule has 18 heavy (non-hydrogen) atoms. The Kier molecular flexibility index (Phi) is 4.37. The Morgan fingerprint density at radius 3 is 2.67 bits per heavy atom. The van der Waals surface area contributed by atoms with Crippen molar-refractivity contribution >= 4 is 15.9 Å². The van der Waals surface area contributed by atoms with Crippen molar-refractivity contribution in [2.24, 2.45) is 0 Å². The van der Waals surface area contributed by atoms with Gasteiger partial charge in [-0.15, -0.1) is 0 Å².